The summed E-state index contributed by atoms with van der Waals surface area (Å²) in [7, 11) is -3.27. The van der Waals surface area contributed by atoms with Crippen LogP contribution < -0.4 is 5.32 Å². The normalized spacial score (nSPS) is 11.1. The molecule has 0 unspecified atom stereocenters. The van der Waals surface area contributed by atoms with Gasteiger partial charge in [-0.1, -0.05) is 12.1 Å². The Balaban J connectivity index is 2.26. The van der Waals surface area contributed by atoms with E-state index in [-0.39, 0.29) is 22.7 Å². The minimum absolute atomic E-state index is 0.113. The lowest BCUT2D eigenvalue weighted by atomic mass is 10.1. The van der Waals surface area contributed by atoms with E-state index in [1.165, 1.54) is 18.2 Å². The Labute approximate surface area is 137 Å². The first-order chi connectivity index (χ1) is 11.2. The van der Waals surface area contributed by atoms with E-state index in [9.17, 15) is 27.7 Å². The molecule has 0 spiro atoms. The molecule has 0 saturated heterocycles. The number of anilines is 1. The largest absolute Gasteiger partial charge is 0.319 e. The number of sulfone groups is 1. The third kappa shape index (κ3) is 4.59. The van der Waals surface area contributed by atoms with Crippen LogP contribution in [0, 0.1) is 15.9 Å². The van der Waals surface area contributed by atoms with E-state index in [4.69, 9.17) is 0 Å². The number of carbonyl (C=O) groups excluding carboxylic acids is 1. The molecule has 0 aromatic heterocycles. The summed E-state index contributed by atoms with van der Waals surface area (Å²) in [6.45, 7) is 0. The van der Waals surface area contributed by atoms with Gasteiger partial charge in [0.15, 0.2) is 9.84 Å². The summed E-state index contributed by atoms with van der Waals surface area (Å²) in [6, 6.07) is 8.62. The topological polar surface area (TPSA) is 106 Å². The number of nitrogens with one attached hydrogen (secondary N) is 1. The van der Waals surface area contributed by atoms with Crippen molar-refractivity contribution in [3.8, 4) is 0 Å². The fourth-order valence-electron chi connectivity index (χ4n) is 2.02. The van der Waals surface area contributed by atoms with Gasteiger partial charge in [-0.25, -0.2) is 12.8 Å². The second-order valence-corrected chi connectivity index (χ2v) is 7.29. The number of non-ortho nitro benzene ring substituents is 1. The third-order valence-corrected chi connectivity index (χ3v) is 3.88. The Kier molecular flexibility index (Phi) is 4.93. The first kappa shape index (κ1) is 17.5. The predicted octanol–water partition coefficient (Wildman–Crippen LogP) is 2.53. The molecule has 0 aliphatic rings. The number of hydrogen-bond donors (Lipinski definition) is 1. The average molecular weight is 352 g/mol. The van der Waals surface area contributed by atoms with Crippen molar-refractivity contribution in [2.45, 2.75) is 5.75 Å². The first-order valence-electron chi connectivity index (χ1n) is 6.68. The number of nitro groups is 1. The molecule has 24 heavy (non-hydrogen) atoms. The lowest BCUT2D eigenvalue weighted by molar-refractivity contribution is -0.384. The maximum Gasteiger partial charge on any atom is 0.271 e. The number of benzene rings is 2. The van der Waals surface area contributed by atoms with E-state index < -0.39 is 26.5 Å². The molecule has 9 heteroatoms. The second-order valence-electron chi connectivity index (χ2n) is 5.15. The SMILES string of the molecule is CS(=O)(=O)Cc1cccc(C(=O)Nc2cc([N+](=O)[O-])ccc2F)c1. The third-order valence-electron chi connectivity index (χ3n) is 3.03. The van der Waals surface area contributed by atoms with Crippen molar-refractivity contribution in [2.75, 3.05) is 11.6 Å². The lowest BCUT2D eigenvalue weighted by Crippen LogP contribution is -2.14. The van der Waals surface area contributed by atoms with Crippen molar-refractivity contribution in [1.82, 2.24) is 0 Å². The Hall–Kier alpha value is -2.81. The molecule has 2 rings (SSSR count). The molecular weight excluding hydrogens is 339 g/mol. The molecular formula is C15H13FN2O5S. The van der Waals surface area contributed by atoms with E-state index in [0.717, 1.165) is 24.5 Å². The van der Waals surface area contributed by atoms with Gasteiger partial charge in [-0.05, 0) is 23.8 Å². The monoisotopic (exact) mass is 352 g/mol. The minimum Gasteiger partial charge on any atom is -0.319 e. The number of halogens is 1. The van der Waals surface area contributed by atoms with E-state index in [2.05, 4.69) is 5.32 Å². The maximum absolute atomic E-state index is 13.7. The minimum atomic E-state index is -3.27. The van der Waals surface area contributed by atoms with Crippen molar-refractivity contribution in [2.24, 2.45) is 0 Å². The first-order valence-corrected chi connectivity index (χ1v) is 8.74. The van der Waals surface area contributed by atoms with Gasteiger partial charge in [-0.2, -0.15) is 0 Å². The summed E-state index contributed by atoms with van der Waals surface area (Å²) in [6.07, 6.45) is 1.07. The number of amides is 1. The zero-order valence-electron chi connectivity index (χ0n) is 12.5. The fourth-order valence-corrected chi connectivity index (χ4v) is 2.81. The Morgan fingerprint density at radius 3 is 2.58 bits per heavy atom. The van der Waals surface area contributed by atoms with Gasteiger partial charge in [-0.3, -0.25) is 14.9 Å². The smallest absolute Gasteiger partial charge is 0.271 e. The summed E-state index contributed by atoms with van der Waals surface area (Å²) >= 11 is 0. The van der Waals surface area contributed by atoms with E-state index in [0.29, 0.717) is 5.56 Å². The second kappa shape index (κ2) is 6.75. The van der Waals surface area contributed by atoms with Gasteiger partial charge in [0.2, 0.25) is 0 Å². The molecule has 0 aliphatic heterocycles. The molecule has 1 N–H and O–H groups in total. The van der Waals surface area contributed by atoms with Crippen LogP contribution in [-0.2, 0) is 15.6 Å². The van der Waals surface area contributed by atoms with Gasteiger partial charge in [0.25, 0.3) is 11.6 Å². The van der Waals surface area contributed by atoms with Crippen molar-refractivity contribution in [3.63, 3.8) is 0 Å². The highest BCUT2D eigenvalue weighted by Gasteiger charge is 2.15. The molecule has 0 bridgehead atoms. The fraction of sp³-hybridized carbons (Fsp3) is 0.133. The van der Waals surface area contributed by atoms with E-state index >= 15 is 0 Å². The van der Waals surface area contributed by atoms with Crippen molar-refractivity contribution >= 4 is 27.1 Å². The van der Waals surface area contributed by atoms with Gasteiger partial charge < -0.3 is 5.32 Å². The van der Waals surface area contributed by atoms with Crippen molar-refractivity contribution < 1.29 is 22.5 Å². The Bertz CT molecular complexity index is 912. The van der Waals surface area contributed by atoms with Gasteiger partial charge >= 0.3 is 0 Å². The Morgan fingerprint density at radius 2 is 1.96 bits per heavy atom. The molecule has 2 aromatic rings. The molecule has 0 aliphatic carbocycles. The molecule has 7 nitrogen and oxygen atoms in total. The molecule has 1 amide bonds. The van der Waals surface area contributed by atoms with Crippen LogP contribution in [0.4, 0.5) is 15.8 Å². The number of carbonyl (C=O) groups is 1. The highest BCUT2D eigenvalue weighted by Crippen LogP contribution is 2.22. The van der Waals surface area contributed by atoms with Crippen LogP contribution >= 0.6 is 0 Å². The van der Waals surface area contributed by atoms with Crippen LogP contribution in [0.5, 0.6) is 0 Å². The standard InChI is InChI=1S/C15H13FN2O5S/c1-24(22,23)9-10-3-2-4-11(7-10)15(19)17-14-8-12(18(20)21)5-6-13(14)16/h2-8H,9H2,1H3,(H,17,19). The molecule has 126 valence electrons. The summed E-state index contributed by atoms with van der Waals surface area (Å²) in [4.78, 5) is 22.2. The molecule has 0 saturated carbocycles. The van der Waals surface area contributed by atoms with Gasteiger partial charge in [0, 0.05) is 24.0 Å². The average Bonchev–Trinajstić information content (AvgIpc) is 2.47. The molecule has 0 atom stereocenters. The zero-order valence-corrected chi connectivity index (χ0v) is 13.3. The summed E-state index contributed by atoms with van der Waals surface area (Å²) in [5.41, 5.74) is -0.174. The predicted molar refractivity (Wildman–Crippen MR) is 86.0 cm³/mol. The van der Waals surface area contributed by atoms with Gasteiger partial charge in [-0.15, -0.1) is 0 Å². The van der Waals surface area contributed by atoms with Gasteiger partial charge in [0.1, 0.15) is 5.82 Å². The zero-order chi connectivity index (χ0) is 17.9. The number of rotatable bonds is 5. The van der Waals surface area contributed by atoms with Crippen LogP contribution in [-0.4, -0.2) is 25.5 Å². The van der Waals surface area contributed by atoms with Crippen LogP contribution in [0.25, 0.3) is 0 Å². The van der Waals surface area contributed by atoms with Crippen molar-refractivity contribution in [3.05, 3.63) is 69.5 Å². The van der Waals surface area contributed by atoms with Crippen LogP contribution in [0.3, 0.4) is 0 Å². The van der Waals surface area contributed by atoms with Crippen molar-refractivity contribution in [1.29, 1.82) is 0 Å². The van der Waals surface area contributed by atoms with Crippen LogP contribution in [0.15, 0.2) is 42.5 Å². The van der Waals surface area contributed by atoms with E-state index in [1.54, 1.807) is 6.07 Å². The van der Waals surface area contributed by atoms with E-state index in [1.807, 2.05) is 0 Å². The maximum atomic E-state index is 13.7. The van der Waals surface area contributed by atoms with Crippen LogP contribution in [0.2, 0.25) is 0 Å². The summed E-state index contributed by atoms with van der Waals surface area (Å²) in [5, 5.41) is 13.0. The Morgan fingerprint density at radius 1 is 1.25 bits per heavy atom. The van der Waals surface area contributed by atoms with Gasteiger partial charge in [0.05, 0.1) is 16.4 Å². The molecule has 2 aromatic carbocycles. The highest BCUT2D eigenvalue weighted by atomic mass is 32.2. The van der Waals surface area contributed by atoms with Crippen LogP contribution in [0.1, 0.15) is 15.9 Å². The molecule has 0 fully saturated rings. The summed E-state index contributed by atoms with van der Waals surface area (Å²) in [5.74, 6) is -1.76. The lowest BCUT2D eigenvalue weighted by Gasteiger charge is -2.08. The number of nitro benzene ring substituents is 1. The summed E-state index contributed by atoms with van der Waals surface area (Å²) < 4.78 is 36.3. The number of nitrogens with zero attached hydrogens (tertiary/aromatic N) is 1. The number of hydrogen-bond acceptors (Lipinski definition) is 5. The molecule has 0 heterocycles. The molecule has 0 radical (unpaired) electrons. The quantitative estimate of drug-likeness (QED) is 0.657. The highest BCUT2D eigenvalue weighted by molar-refractivity contribution is 7.89.